The number of carbonyl (C=O) groups is 1. The molecule has 0 saturated heterocycles. The molecule has 1 heterocycles. The first-order chi connectivity index (χ1) is 12.9. The predicted octanol–water partition coefficient (Wildman–Crippen LogP) is 2.52. The topological polar surface area (TPSA) is 88.4 Å². The summed E-state index contributed by atoms with van der Waals surface area (Å²) in [6.45, 7) is 1.69. The monoisotopic (exact) mass is 384 g/mol. The van der Waals surface area contributed by atoms with Crippen LogP contribution in [0.5, 0.6) is 0 Å². The second-order valence-corrected chi connectivity index (χ2v) is 7.83. The van der Waals surface area contributed by atoms with Gasteiger partial charge in [-0.05, 0) is 36.2 Å². The van der Waals surface area contributed by atoms with Crippen molar-refractivity contribution in [3.63, 3.8) is 0 Å². The number of aliphatic hydroxyl groups excluding tert-OH is 1. The molecule has 2 aromatic carbocycles. The van der Waals surface area contributed by atoms with E-state index in [-0.39, 0.29) is 4.90 Å². The number of hydrogen-bond acceptors (Lipinski definition) is 4. The molecule has 6 nitrogen and oxygen atoms in total. The van der Waals surface area contributed by atoms with E-state index in [1.807, 2.05) is 0 Å². The third-order valence-corrected chi connectivity index (χ3v) is 5.85. The molecule has 0 aliphatic heterocycles. The molecule has 0 amide bonds. The summed E-state index contributed by atoms with van der Waals surface area (Å²) in [5, 5.41) is 10.7. The van der Waals surface area contributed by atoms with Crippen molar-refractivity contribution in [3.05, 3.63) is 90.3 Å². The van der Waals surface area contributed by atoms with Gasteiger partial charge in [-0.2, -0.15) is 0 Å². The SMILES string of the molecule is Cc1ccccc1S(=O)(=O)N[C@@H](c1ccccc1)[C@H](O)C(=O)n1cccc1. The van der Waals surface area contributed by atoms with Gasteiger partial charge in [-0.3, -0.25) is 9.36 Å². The first-order valence-electron chi connectivity index (χ1n) is 8.38. The van der Waals surface area contributed by atoms with E-state index in [4.69, 9.17) is 0 Å². The molecule has 0 aliphatic carbocycles. The zero-order valence-electron chi connectivity index (χ0n) is 14.7. The summed E-state index contributed by atoms with van der Waals surface area (Å²) in [5.74, 6) is -0.624. The third kappa shape index (κ3) is 4.16. The fourth-order valence-corrected chi connectivity index (χ4v) is 4.32. The Labute approximate surface area is 158 Å². The number of hydrogen-bond donors (Lipinski definition) is 2. The van der Waals surface area contributed by atoms with Gasteiger partial charge in [-0.25, -0.2) is 13.1 Å². The highest BCUT2D eigenvalue weighted by Gasteiger charge is 2.32. The minimum Gasteiger partial charge on any atom is -0.381 e. The molecular weight excluding hydrogens is 364 g/mol. The van der Waals surface area contributed by atoms with Crippen LogP contribution < -0.4 is 4.72 Å². The Morgan fingerprint density at radius 1 is 0.963 bits per heavy atom. The molecule has 0 aliphatic rings. The van der Waals surface area contributed by atoms with Gasteiger partial charge in [0.25, 0.3) is 5.91 Å². The zero-order chi connectivity index (χ0) is 19.4. The van der Waals surface area contributed by atoms with Gasteiger partial charge in [0, 0.05) is 12.4 Å². The zero-order valence-corrected chi connectivity index (χ0v) is 15.5. The normalized spacial score (nSPS) is 13.9. The third-order valence-electron chi connectivity index (χ3n) is 4.25. The van der Waals surface area contributed by atoms with Crippen LogP contribution in [0, 0.1) is 6.92 Å². The number of sulfonamides is 1. The number of aromatic nitrogens is 1. The Morgan fingerprint density at radius 2 is 1.56 bits per heavy atom. The van der Waals surface area contributed by atoms with Gasteiger partial charge in [0.05, 0.1) is 10.9 Å². The van der Waals surface area contributed by atoms with Crippen molar-refractivity contribution >= 4 is 15.9 Å². The Kier molecular flexibility index (Phi) is 5.55. The number of carbonyl (C=O) groups excluding carboxylic acids is 1. The maximum Gasteiger partial charge on any atom is 0.261 e. The molecule has 0 radical (unpaired) electrons. The highest BCUT2D eigenvalue weighted by atomic mass is 32.2. The van der Waals surface area contributed by atoms with Crippen molar-refractivity contribution in [2.24, 2.45) is 0 Å². The van der Waals surface area contributed by atoms with Gasteiger partial charge < -0.3 is 5.11 Å². The van der Waals surface area contributed by atoms with E-state index < -0.39 is 28.1 Å². The van der Waals surface area contributed by atoms with Crippen molar-refractivity contribution in [3.8, 4) is 0 Å². The second kappa shape index (κ2) is 7.87. The van der Waals surface area contributed by atoms with E-state index in [0.29, 0.717) is 11.1 Å². The Morgan fingerprint density at radius 3 is 2.19 bits per heavy atom. The van der Waals surface area contributed by atoms with Crippen molar-refractivity contribution in [2.45, 2.75) is 24.0 Å². The summed E-state index contributed by atoms with van der Waals surface area (Å²) in [4.78, 5) is 12.7. The molecule has 0 spiro atoms. The van der Waals surface area contributed by atoms with Crippen LogP contribution in [0.15, 0.2) is 84.0 Å². The van der Waals surface area contributed by atoms with E-state index in [1.54, 1.807) is 67.6 Å². The van der Waals surface area contributed by atoms with Crippen molar-refractivity contribution in [1.82, 2.24) is 9.29 Å². The summed E-state index contributed by atoms with van der Waals surface area (Å²) in [7, 11) is -3.96. The van der Waals surface area contributed by atoms with E-state index in [2.05, 4.69) is 4.72 Å². The summed E-state index contributed by atoms with van der Waals surface area (Å²) >= 11 is 0. The van der Waals surface area contributed by atoms with E-state index in [0.717, 1.165) is 0 Å². The van der Waals surface area contributed by atoms with Gasteiger partial charge in [-0.1, -0.05) is 48.5 Å². The van der Waals surface area contributed by atoms with Crippen molar-refractivity contribution < 1.29 is 18.3 Å². The van der Waals surface area contributed by atoms with E-state index >= 15 is 0 Å². The maximum atomic E-state index is 12.9. The molecule has 2 N–H and O–H groups in total. The van der Waals surface area contributed by atoms with Gasteiger partial charge in [-0.15, -0.1) is 0 Å². The van der Waals surface area contributed by atoms with Crippen LogP contribution in [0.3, 0.4) is 0 Å². The molecule has 0 unspecified atom stereocenters. The first kappa shape index (κ1) is 19.0. The summed E-state index contributed by atoms with van der Waals surface area (Å²) in [5.41, 5.74) is 1.06. The van der Waals surface area contributed by atoms with E-state index in [1.165, 1.54) is 23.0 Å². The predicted molar refractivity (Wildman–Crippen MR) is 102 cm³/mol. The largest absolute Gasteiger partial charge is 0.381 e. The fourth-order valence-electron chi connectivity index (χ4n) is 2.84. The number of nitrogens with zero attached hydrogens (tertiary/aromatic N) is 1. The first-order valence-corrected chi connectivity index (χ1v) is 9.86. The average Bonchev–Trinajstić information content (AvgIpc) is 3.21. The fraction of sp³-hybridized carbons (Fsp3) is 0.150. The molecule has 27 heavy (non-hydrogen) atoms. The van der Waals surface area contributed by atoms with Gasteiger partial charge >= 0.3 is 0 Å². The molecule has 2 atom stereocenters. The van der Waals surface area contributed by atoms with E-state index in [9.17, 15) is 18.3 Å². The maximum absolute atomic E-state index is 12.9. The van der Waals surface area contributed by atoms with Crippen LogP contribution >= 0.6 is 0 Å². The second-order valence-electron chi connectivity index (χ2n) is 6.15. The molecule has 140 valence electrons. The van der Waals surface area contributed by atoms with Crippen LogP contribution in [-0.4, -0.2) is 30.1 Å². The summed E-state index contributed by atoms with van der Waals surface area (Å²) < 4.78 is 29.5. The van der Waals surface area contributed by atoms with Crippen molar-refractivity contribution in [2.75, 3.05) is 0 Å². The number of aliphatic hydroxyl groups is 1. The molecule has 1 aromatic heterocycles. The van der Waals surface area contributed by atoms with Gasteiger partial charge in [0.1, 0.15) is 0 Å². The lowest BCUT2D eigenvalue weighted by atomic mass is 10.0. The van der Waals surface area contributed by atoms with Crippen LogP contribution in [0.2, 0.25) is 0 Å². The quantitative estimate of drug-likeness (QED) is 0.684. The molecular formula is C20H20N2O4S. The molecule has 3 rings (SSSR count). The number of rotatable bonds is 6. The Balaban J connectivity index is 1.98. The Hall–Kier alpha value is -2.74. The standard InChI is InChI=1S/C20H20N2O4S/c1-15-9-5-6-12-17(15)27(25,26)21-18(16-10-3-2-4-11-16)19(23)20(24)22-13-7-8-14-22/h2-14,18-19,21,23H,1H3/t18-,19-/m0/s1. The smallest absolute Gasteiger partial charge is 0.261 e. The lowest BCUT2D eigenvalue weighted by molar-refractivity contribution is 0.0586. The minimum atomic E-state index is -3.96. The molecule has 0 saturated carbocycles. The van der Waals surface area contributed by atoms with Crippen LogP contribution in [-0.2, 0) is 10.0 Å². The summed E-state index contributed by atoms with van der Waals surface area (Å²) in [6.07, 6.45) is 1.41. The van der Waals surface area contributed by atoms with Gasteiger partial charge in [0.15, 0.2) is 6.10 Å². The Bertz CT molecular complexity index is 1020. The highest BCUT2D eigenvalue weighted by molar-refractivity contribution is 7.89. The van der Waals surface area contributed by atoms with Crippen molar-refractivity contribution in [1.29, 1.82) is 0 Å². The molecule has 3 aromatic rings. The summed E-state index contributed by atoms with van der Waals surface area (Å²) in [6, 6.07) is 17.3. The average molecular weight is 384 g/mol. The lowest BCUT2D eigenvalue weighted by Crippen LogP contribution is -2.42. The molecule has 7 heteroatoms. The molecule has 0 bridgehead atoms. The number of benzene rings is 2. The van der Waals surface area contributed by atoms with Crippen LogP contribution in [0.4, 0.5) is 0 Å². The van der Waals surface area contributed by atoms with Crippen LogP contribution in [0.25, 0.3) is 0 Å². The highest BCUT2D eigenvalue weighted by Crippen LogP contribution is 2.23. The minimum absolute atomic E-state index is 0.103. The van der Waals surface area contributed by atoms with Crippen LogP contribution in [0.1, 0.15) is 22.0 Å². The lowest BCUT2D eigenvalue weighted by Gasteiger charge is -2.24. The van der Waals surface area contributed by atoms with Gasteiger partial charge in [0.2, 0.25) is 10.0 Å². The number of nitrogens with one attached hydrogen (secondary N) is 1. The number of aryl methyl sites for hydroxylation is 1. The molecule has 0 fully saturated rings.